The largest absolute Gasteiger partial charge is 0.388 e. The molecule has 1 aromatic carbocycles. The number of fused-ring (bicyclic) bond motifs is 1. The van der Waals surface area contributed by atoms with Gasteiger partial charge in [0.05, 0.1) is 11.1 Å². The Labute approximate surface area is 176 Å². The molecule has 2 atom stereocenters. The van der Waals surface area contributed by atoms with E-state index in [1.54, 1.807) is 18.0 Å². The average molecular weight is 412 g/mol. The van der Waals surface area contributed by atoms with Crippen LogP contribution in [0.1, 0.15) is 50.0 Å². The van der Waals surface area contributed by atoms with Crippen molar-refractivity contribution in [2.75, 3.05) is 19.7 Å². The number of ether oxygens (including phenoxy) is 1. The van der Waals surface area contributed by atoms with E-state index in [-0.39, 0.29) is 11.8 Å². The summed E-state index contributed by atoms with van der Waals surface area (Å²) >= 11 is 0. The number of hydrogen-bond acceptors (Lipinski definition) is 5. The number of aliphatic hydroxyl groups excluding tert-OH is 1. The van der Waals surface area contributed by atoms with E-state index in [9.17, 15) is 14.7 Å². The summed E-state index contributed by atoms with van der Waals surface area (Å²) in [6.45, 7) is 5.10. The summed E-state index contributed by atoms with van der Waals surface area (Å²) in [6, 6.07) is 9.65. The molecule has 2 aliphatic rings. The second-order valence-corrected chi connectivity index (χ2v) is 8.59. The molecule has 0 radical (unpaired) electrons. The highest BCUT2D eigenvalue weighted by atomic mass is 16.5. The van der Waals surface area contributed by atoms with E-state index in [0.29, 0.717) is 51.1 Å². The minimum absolute atomic E-state index is 0.0800. The summed E-state index contributed by atoms with van der Waals surface area (Å²) in [5.74, 6) is -0.188. The first kappa shape index (κ1) is 20.8. The van der Waals surface area contributed by atoms with E-state index in [4.69, 9.17) is 4.74 Å². The molecule has 160 valence electrons. The summed E-state index contributed by atoms with van der Waals surface area (Å²) in [6.07, 6.45) is 2.87. The van der Waals surface area contributed by atoms with Crippen molar-refractivity contribution in [1.82, 2.24) is 15.2 Å². The number of nitrogens with zero attached hydrogens (tertiary/aromatic N) is 2. The molecule has 2 aromatic rings. The Bertz CT molecular complexity index is 954. The minimum Gasteiger partial charge on any atom is -0.388 e. The third-order valence-electron chi connectivity index (χ3n) is 6.61. The van der Waals surface area contributed by atoms with E-state index in [1.165, 1.54) is 0 Å². The lowest BCUT2D eigenvalue weighted by Crippen LogP contribution is -2.69. The van der Waals surface area contributed by atoms with Gasteiger partial charge < -0.3 is 20.1 Å². The molecular weight excluding hydrogens is 382 g/mol. The molecule has 2 fully saturated rings. The number of likely N-dealkylation sites (tertiary alicyclic amines) is 1. The van der Waals surface area contributed by atoms with Crippen LogP contribution in [0.3, 0.4) is 0 Å². The van der Waals surface area contributed by atoms with Crippen molar-refractivity contribution in [3.05, 3.63) is 42.2 Å². The van der Waals surface area contributed by atoms with Crippen LogP contribution in [-0.4, -0.2) is 63.7 Å². The molecule has 0 saturated carbocycles. The maximum absolute atomic E-state index is 13.0. The molecule has 2 amide bonds. The van der Waals surface area contributed by atoms with Gasteiger partial charge >= 0.3 is 0 Å². The zero-order valence-corrected chi connectivity index (χ0v) is 17.6. The van der Waals surface area contributed by atoms with Crippen LogP contribution in [0.15, 0.2) is 36.5 Å². The maximum Gasteiger partial charge on any atom is 0.272 e. The van der Waals surface area contributed by atoms with Crippen LogP contribution < -0.4 is 5.32 Å². The number of aromatic nitrogens is 1. The minimum atomic E-state index is -0.828. The first-order chi connectivity index (χ1) is 14.4. The Morgan fingerprint density at radius 1 is 1.23 bits per heavy atom. The summed E-state index contributed by atoms with van der Waals surface area (Å²) in [5, 5.41) is 16.1. The van der Waals surface area contributed by atoms with Gasteiger partial charge in [-0.25, -0.2) is 0 Å². The first-order valence-electron chi connectivity index (χ1n) is 10.6. The van der Waals surface area contributed by atoms with Gasteiger partial charge in [0.25, 0.3) is 5.91 Å². The Balaban J connectivity index is 1.47. The predicted octanol–water partition coefficient (Wildman–Crippen LogP) is 2.28. The molecule has 2 saturated heterocycles. The fourth-order valence-corrected chi connectivity index (χ4v) is 4.67. The molecule has 30 heavy (non-hydrogen) atoms. The van der Waals surface area contributed by atoms with Gasteiger partial charge in [-0.1, -0.05) is 31.2 Å². The van der Waals surface area contributed by atoms with E-state index in [2.05, 4.69) is 10.3 Å². The predicted molar refractivity (Wildman–Crippen MR) is 113 cm³/mol. The van der Waals surface area contributed by atoms with Crippen molar-refractivity contribution >= 4 is 22.6 Å². The molecule has 0 unspecified atom stereocenters. The van der Waals surface area contributed by atoms with Crippen LogP contribution >= 0.6 is 0 Å². The van der Waals surface area contributed by atoms with Crippen LogP contribution in [-0.2, 0) is 9.53 Å². The fourth-order valence-electron chi connectivity index (χ4n) is 4.67. The van der Waals surface area contributed by atoms with Gasteiger partial charge in [-0.15, -0.1) is 0 Å². The van der Waals surface area contributed by atoms with E-state index in [0.717, 1.165) is 10.8 Å². The lowest BCUT2D eigenvalue weighted by molar-refractivity contribution is -0.205. The molecule has 0 bridgehead atoms. The van der Waals surface area contributed by atoms with Crippen LogP contribution in [0.4, 0.5) is 0 Å². The molecule has 1 spiro atoms. The molecule has 3 heterocycles. The van der Waals surface area contributed by atoms with Gasteiger partial charge in [-0.2, -0.15) is 0 Å². The van der Waals surface area contributed by atoms with Gasteiger partial charge in [-0.05, 0) is 37.6 Å². The third-order valence-corrected chi connectivity index (χ3v) is 6.61. The van der Waals surface area contributed by atoms with Crippen molar-refractivity contribution < 1.29 is 19.4 Å². The molecule has 4 rings (SSSR count). The highest BCUT2D eigenvalue weighted by Gasteiger charge is 2.54. The first-order valence-corrected chi connectivity index (χ1v) is 10.6. The number of hydrogen-bond donors (Lipinski definition) is 2. The second kappa shape index (κ2) is 7.96. The van der Waals surface area contributed by atoms with Gasteiger partial charge in [0.2, 0.25) is 5.91 Å². The van der Waals surface area contributed by atoms with E-state index >= 15 is 0 Å². The molecule has 7 heteroatoms. The SMILES string of the molecule is CCC(=O)N[C@]1(C)CCOC2(CCN(C(=O)c3cc4ccccc4cn3)CC2)[C@H]1O. The van der Waals surface area contributed by atoms with Crippen molar-refractivity contribution in [2.24, 2.45) is 0 Å². The molecule has 7 nitrogen and oxygen atoms in total. The monoisotopic (exact) mass is 411 g/mol. The van der Waals surface area contributed by atoms with Crippen molar-refractivity contribution in [1.29, 1.82) is 0 Å². The number of piperidine rings is 1. The zero-order chi connectivity index (χ0) is 21.4. The lowest BCUT2D eigenvalue weighted by atomic mass is 9.73. The highest BCUT2D eigenvalue weighted by molar-refractivity contribution is 5.96. The summed E-state index contributed by atoms with van der Waals surface area (Å²) < 4.78 is 6.07. The number of rotatable bonds is 3. The Morgan fingerprint density at radius 3 is 2.63 bits per heavy atom. The summed E-state index contributed by atoms with van der Waals surface area (Å²) in [7, 11) is 0. The van der Waals surface area contributed by atoms with E-state index in [1.807, 2.05) is 37.3 Å². The number of benzene rings is 1. The Hall–Kier alpha value is -2.51. The Kier molecular flexibility index (Phi) is 5.51. The molecule has 0 aliphatic carbocycles. The molecule has 1 aromatic heterocycles. The highest BCUT2D eigenvalue weighted by Crippen LogP contribution is 2.40. The number of carbonyl (C=O) groups excluding carboxylic acids is 2. The normalized spacial score (nSPS) is 26.0. The Morgan fingerprint density at radius 2 is 1.93 bits per heavy atom. The molecule has 2 N–H and O–H groups in total. The maximum atomic E-state index is 13.0. The standard InChI is InChI=1S/C23H29N3O4/c1-3-19(27)25-22(2)10-13-30-23(21(22)29)8-11-26(12-9-23)20(28)18-14-16-6-4-5-7-17(16)15-24-18/h4-7,14-15,21,29H,3,8-13H2,1-2H3,(H,25,27)/t21-,22+/m0/s1. The van der Waals surface area contributed by atoms with Crippen LogP contribution in [0.25, 0.3) is 10.8 Å². The smallest absolute Gasteiger partial charge is 0.272 e. The zero-order valence-electron chi connectivity index (χ0n) is 17.6. The van der Waals surface area contributed by atoms with Gasteiger partial charge in [0.1, 0.15) is 11.8 Å². The van der Waals surface area contributed by atoms with Gasteiger partial charge in [0.15, 0.2) is 0 Å². The van der Waals surface area contributed by atoms with Crippen LogP contribution in [0.2, 0.25) is 0 Å². The summed E-state index contributed by atoms with van der Waals surface area (Å²) in [5.41, 5.74) is -1.05. The van der Waals surface area contributed by atoms with Crippen LogP contribution in [0, 0.1) is 0 Å². The molecular formula is C23H29N3O4. The van der Waals surface area contributed by atoms with E-state index < -0.39 is 17.2 Å². The molecule has 2 aliphatic heterocycles. The van der Waals surface area contributed by atoms with Gasteiger partial charge in [0, 0.05) is 37.7 Å². The van der Waals surface area contributed by atoms with Crippen molar-refractivity contribution in [3.8, 4) is 0 Å². The average Bonchev–Trinajstić information content (AvgIpc) is 2.77. The lowest BCUT2D eigenvalue weighted by Gasteiger charge is -2.53. The van der Waals surface area contributed by atoms with Crippen LogP contribution in [0.5, 0.6) is 0 Å². The second-order valence-electron chi connectivity index (χ2n) is 8.59. The fraction of sp³-hybridized carbons (Fsp3) is 0.522. The quantitative estimate of drug-likeness (QED) is 0.809. The number of aliphatic hydroxyl groups is 1. The number of nitrogens with one attached hydrogen (secondary N) is 1. The van der Waals surface area contributed by atoms with Crippen molar-refractivity contribution in [3.63, 3.8) is 0 Å². The number of amides is 2. The number of carbonyl (C=O) groups is 2. The van der Waals surface area contributed by atoms with Gasteiger partial charge in [-0.3, -0.25) is 14.6 Å². The summed E-state index contributed by atoms with van der Waals surface area (Å²) in [4.78, 5) is 31.1. The third kappa shape index (κ3) is 3.68. The number of pyridine rings is 1. The van der Waals surface area contributed by atoms with Crippen molar-refractivity contribution in [2.45, 2.75) is 56.8 Å². The topological polar surface area (TPSA) is 91.8 Å².